The molecule has 1 fully saturated rings. The van der Waals surface area contributed by atoms with Crippen LogP contribution in [0.15, 0.2) is 18.2 Å². The molecule has 1 aromatic rings. The maximum Gasteiger partial charge on any atom is 0.123 e. The molecule has 104 valence electrons. The summed E-state index contributed by atoms with van der Waals surface area (Å²) in [7, 11) is 0. The van der Waals surface area contributed by atoms with E-state index in [0.29, 0.717) is 11.4 Å². The number of rotatable bonds is 3. The summed E-state index contributed by atoms with van der Waals surface area (Å²) in [6.45, 7) is 0.827. The molecular weight excluding hydrogens is 265 g/mol. The zero-order valence-corrected chi connectivity index (χ0v) is 11.6. The fraction of sp³-hybridized carbons (Fsp3) is 0.600. The van der Waals surface area contributed by atoms with Gasteiger partial charge in [-0.2, -0.15) is 0 Å². The van der Waals surface area contributed by atoms with Crippen LogP contribution in [0, 0.1) is 5.82 Å². The molecular formula is C15H19ClFNO. The van der Waals surface area contributed by atoms with Crippen LogP contribution < -0.4 is 10.1 Å². The molecule has 0 bridgehead atoms. The summed E-state index contributed by atoms with van der Waals surface area (Å²) in [5.41, 5.74) is 0.983. The van der Waals surface area contributed by atoms with Gasteiger partial charge in [-0.3, -0.25) is 0 Å². The maximum atomic E-state index is 13.1. The van der Waals surface area contributed by atoms with Gasteiger partial charge in [-0.15, -0.1) is 11.6 Å². The average Bonchev–Trinajstić information content (AvgIpc) is 2.80. The summed E-state index contributed by atoms with van der Waals surface area (Å²) in [4.78, 5) is 0. The van der Waals surface area contributed by atoms with E-state index in [1.54, 1.807) is 12.1 Å². The van der Waals surface area contributed by atoms with E-state index in [9.17, 15) is 4.39 Å². The Kier molecular flexibility index (Phi) is 3.94. The maximum absolute atomic E-state index is 13.1. The molecule has 2 aliphatic rings. The minimum absolute atomic E-state index is 0.130. The molecule has 1 atom stereocenters. The molecule has 0 amide bonds. The van der Waals surface area contributed by atoms with Crippen LogP contribution in [0.1, 0.15) is 31.2 Å². The molecule has 0 aromatic heterocycles. The van der Waals surface area contributed by atoms with Gasteiger partial charge in [0.05, 0.1) is 0 Å². The minimum atomic E-state index is -0.184. The van der Waals surface area contributed by atoms with E-state index < -0.39 is 0 Å². The van der Waals surface area contributed by atoms with Gasteiger partial charge in [0.15, 0.2) is 0 Å². The van der Waals surface area contributed by atoms with Gasteiger partial charge in [-0.25, -0.2) is 4.39 Å². The van der Waals surface area contributed by atoms with Crippen LogP contribution >= 0.6 is 11.6 Å². The van der Waals surface area contributed by atoms with Crippen LogP contribution in [-0.4, -0.2) is 24.1 Å². The number of nitrogens with one attached hydrogen (secondary N) is 1. The molecule has 3 rings (SSSR count). The van der Waals surface area contributed by atoms with Gasteiger partial charge in [-0.05, 0) is 43.9 Å². The number of benzene rings is 1. The van der Waals surface area contributed by atoms with E-state index in [4.69, 9.17) is 16.3 Å². The van der Waals surface area contributed by atoms with E-state index >= 15 is 0 Å². The Hall–Kier alpha value is -0.800. The predicted octanol–water partition coefficient (Wildman–Crippen LogP) is 3.27. The zero-order valence-electron chi connectivity index (χ0n) is 10.9. The summed E-state index contributed by atoms with van der Waals surface area (Å²) in [6, 6.07) is 5.31. The molecule has 2 nitrogen and oxygen atoms in total. The molecule has 0 spiro atoms. The van der Waals surface area contributed by atoms with E-state index in [1.165, 1.54) is 6.07 Å². The fourth-order valence-electron chi connectivity index (χ4n) is 2.96. The first kappa shape index (κ1) is 13.2. The highest BCUT2D eigenvalue weighted by Gasteiger charge is 2.25. The number of hydrogen-bond donors (Lipinski definition) is 1. The first-order valence-corrected chi connectivity index (χ1v) is 7.47. The summed E-state index contributed by atoms with van der Waals surface area (Å²) >= 11 is 6.10. The largest absolute Gasteiger partial charge is 0.488 e. The Balaban J connectivity index is 1.48. The lowest BCUT2D eigenvalue weighted by Gasteiger charge is -2.27. The highest BCUT2D eigenvalue weighted by Crippen LogP contribution is 2.29. The van der Waals surface area contributed by atoms with Gasteiger partial charge in [0.2, 0.25) is 0 Å². The molecule has 0 saturated heterocycles. The van der Waals surface area contributed by atoms with Gasteiger partial charge in [0, 0.05) is 29.9 Å². The Morgan fingerprint density at radius 1 is 1.26 bits per heavy atom. The lowest BCUT2D eigenvalue weighted by atomic mass is 9.95. The summed E-state index contributed by atoms with van der Waals surface area (Å²) in [6.07, 6.45) is 5.40. The van der Waals surface area contributed by atoms with Crippen molar-refractivity contribution in [3.63, 3.8) is 0 Å². The number of hydrogen-bond acceptors (Lipinski definition) is 2. The molecule has 1 saturated carbocycles. The topological polar surface area (TPSA) is 21.3 Å². The standard InChI is InChI=1S/C15H19ClFNO/c16-11-1-4-13(5-2-11)18-9-14-8-10-7-12(17)3-6-15(10)19-14/h3,6-7,11,13-14,18H,1-2,4-5,8-9H2. The van der Waals surface area contributed by atoms with E-state index in [2.05, 4.69) is 5.32 Å². The van der Waals surface area contributed by atoms with Crippen LogP contribution in [0.4, 0.5) is 4.39 Å². The van der Waals surface area contributed by atoms with Crippen molar-refractivity contribution in [3.05, 3.63) is 29.6 Å². The minimum Gasteiger partial charge on any atom is -0.488 e. The van der Waals surface area contributed by atoms with E-state index in [0.717, 1.165) is 50.0 Å². The van der Waals surface area contributed by atoms with Crippen molar-refractivity contribution in [3.8, 4) is 5.75 Å². The lowest BCUT2D eigenvalue weighted by Crippen LogP contribution is -2.39. The third-order valence-electron chi connectivity index (χ3n) is 4.05. The highest BCUT2D eigenvalue weighted by molar-refractivity contribution is 6.20. The smallest absolute Gasteiger partial charge is 0.123 e. The van der Waals surface area contributed by atoms with Crippen molar-refractivity contribution in [2.75, 3.05) is 6.54 Å². The van der Waals surface area contributed by atoms with Crippen LogP contribution in [0.3, 0.4) is 0 Å². The Morgan fingerprint density at radius 3 is 2.84 bits per heavy atom. The molecule has 19 heavy (non-hydrogen) atoms. The summed E-state index contributed by atoms with van der Waals surface area (Å²) in [5, 5.41) is 3.91. The molecule has 1 heterocycles. The number of halogens is 2. The molecule has 1 aromatic carbocycles. The normalized spacial score (nSPS) is 29.9. The van der Waals surface area contributed by atoms with Gasteiger partial charge >= 0.3 is 0 Å². The molecule has 4 heteroatoms. The third-order valence-corrected chi connectivity index (χ3v) is 4.49. The van der Waals surface area contributed by atoms with E-state index in [-0.39, 0.29) is 11.9 Å². The van der Waals surface area contributed by atoms with Gasteiger partial charge in [-0.1, -0.05) is 0 Å². The monoisotopic (exact) mass is 283 g/mol. The first-order chi connectivity index (χ1) is 9.20. The van der Waals surface area contributed by atoms with Crippen LogP contribution in [0.5, 0.6) is 5.75 Å². The third kappa shape index (κ3) is 3.21. The summed E-state index contributed by atoms with van der Waals surface area (Å²) < 4.78 is 18.9. The quantitative estimate of drug-likeness (QED) is 0.860. The van der Waals surface area contributed by atoms with Crippen molar-refractivity contribution >= 4 is 11.6 Å². The van der Waals surface area contributed by atoms with Crippen molar-refractivity contribution in [2.24, 2.45) is 0 Å². The second-order valence-corrected chi connectivity index (χ2v) is 6.17. The Labute approximate surface area is 118 Å². The van der Waals surface area contributed by atoms with Crippen molar-refractivity contribution in [2.45, 2.75) is 49.6 Å². The van der Waals surface area contributed by atoms with Crippen molar-refractivity contribution in [1.82, 2.24) is 5.32 Å². The highest BCUT2D eigenvalue weighted by atomic mass is 35.5. The predicted molar refractivity (Wildman–Crippen MR) is 74.4 cm³/mol. The SMILES string of the molecule is Fc1ccc2c(c1)CC(CNC1CCC(Cl)CC1)O2. The lowest BCUT2D eigenvalue weighted by molar-refractivity contribution is 0.214. The van der Waals surface area contributed by atoms with Gasteiger partial charge in [0.25, 0.3) is 0 Å². The number of alkyl halides is 1. The van der Waals surface area contributed by atoms with Crippen LogP contribution in [0.2, 0.25) is 0 Å². The first-order valence-electron chi connectivity index (χ1n) is 7.03. The Bertz CT molecular complexity index is 446. The average molecular weight is 284 g/mol. The molecule has 1 aliphatic carbocycles. The molecule has 1 aliphatic heterocycles. The van der Waals surface area contributed by atoms with Crippen molar-refractivity contribution in [1.29, 1.82) is 0 Å². The molecule has 1 unspecified atom stereocenters. The van der Waals surface area contributed by atoms with Crippen LogP contribution in [0.25, 0.3) is 0 Å². The number of ether oxygens (including phenoxy) is 1. The Morgan fingerprint density at radius 2 is 2.05 bits per heavy atom. The van der Waals surface area contributed by atoms with Crippen molar-refractivity contribution < 1.29 is 9.13 Å². The number of fused-ring (bicyclic) bond motifs is 1. The zero-order chi connectivity index (χ0) is 13.2. The second-order valence-electron chi connectivity index (χ2n) is 5.55. The van der Waals surface area contributed by atoms with E-state index in [1.807, 2.05) is 0 Å². The van der Waals surface area contributed by atoms with Gasteiger partial charge in [0.1, 0.15) is 17.7 Å². The van der Waals surface area contributed by atoms with Crippen LogP contribution in [-0.2, 0) is 6.42 Å². The van der Waals surface area contributed by atoms with Gasteiger partial charge < -0.3 is 10.1 Å². The fourth-order valence-corrected chi connectivity index (χ4v) is 3.21. The molecule has 0 radical (unpaired) electrons. The summed E-state index contributed by atoms with van der Waals surface area (Å²) in [5.74, 6) is 0.647. The molecule has 1 N–H and O–H groups in total. The second kappa shape index (κ2) is 5.68.